The maximum Gasteiger partial charge on any atom is 0.320 e. The molecule has 21 heavy (non-hydrogen) atoms. The quantitative estimate of drug-likeness (QED) is 0.866. The van der Waals surface area contributed by atoms with Gasteiger partial charge in [-0.1, -0.05) is 6.92 Å². The summed E-state index contributed by atoms with van der Waals surface area (Å²) in [5.74, 6) is 2.86. The lowest BCUT2D eigenvalue weighted by molar-refractivity contribution is -0.148. The summed E-state index contributed by atoms with van der Waals surface area (Å²) in [6.07, 6.45) is 10.6. The number of carboxylic acids is 1. The molecule has 0 amide bonds. The second-order valence-corrected chi connectivity index (χ2v) is 8.87. The number of aliphatic carboxylic acids is 1. The van der Waals surface area contributed by atoms with Gasteiger partial charge in [-0.25, -0.2) is 0 Å². The van der Waals surface area contributed by atoms with Gasteiger partial charge in [0.1, 0.15) is 6.04 Å². The molecule has 1 heterocycles. The molecule has 0 spiro atoms. The number of likely N-dealkylation sites (tertiary alicyclic amines) is 1. The highest BCUT2D eigenvalue weighted by atomic mass is 16.4. The summed E-state index contributed by atoms with van der Waals surface area (Å²) >= 11 is 0. The monoisotopic (exact) mass is 291 g/mol. The molecule has 5 aliphatic rings. The van der Waals surface area contributed by atoms with Crippen molar-refractivity contribution in [3.05, 3.63) is 0 Å². The van der Waals surface area contributed by atoms with Gasteiger partial charge in [-0.3, -0.25) is 9.69 Å². The first kappa shape index (κ1) is 14.0. The van der Waals surface area contributed by atoms with E-state index in [0.29, 0.717) is 11.3 Å². The van der Waals surface area contributed by atoms with Crippen LogP contribution in [0.2, 0.25) is 0 Å². The minimum Gasteiger partial charge on any atom is -0.480 e. The van der Waals surface area contributed by atoms with Crippen LogP contribution >= 0.6 is 0 Å². The third kappa shape index (κ3) is 2.52. The van der Waals surface area contributed by atoms with Crippen LogP contribution in [0.1, 0.15) is 58.3 Å². The Kier molecular flexibility index (Phi) is 3.33. The molecule has 5 fully saturated rings. The van der Waals surface area contributed by atoms with Gasteiger partial charge in [0.05, 0.1) is 0 Å². The molecule has 0 aromatic rings. The maximum atomic E-state index is 11.7. The van der Waals surface area contributed by atoms with Crippen molar-refractivity contribution < 1.29 is 9.90 Å². The van der Waals surface area contributed by atoms with Gasteiger partial charge in [-0.05, 0) is 87.0 Å². The Morgan fingerprint density at radius 2 is 1.67 bits per heavy atom. The third-order valence-electron chi connectivity index (χ3n) is 6.96. The van der Waals surface area contributed by atoms with E-state index in [1.54, 1.807) is 0 Å². The highest BCUT2D eigenvalue weighted by Gasteiger charge is 2.52. The van der Waals surface area contributed by atoms with Crippen LogP contribution < -0.4 is 0 Å². The van der Waals surface area contributed by atoms with Crippen LogP contribution in [0.4, 0.5) is 0 Å². The smallest absolute Gasteiger partial charge is 0.320 e. The molecule has 2 atom stereocenters. The normalized spacial score (nSPS) is 49.5. The lowest BCUT2D eigenvalue weighted by Gasteiger charge is -2.58. The molecular formula is C18H29NO2. The zero-order valence-electron chi connectivity index (χ0n) is 13.3. The predicted octanol–water partition coefficient (Wildman–Crippen LogP) is 3.39. The number of hydrogen-bond acceptors (Lipinski definition) is 2. The molecule has 2 unspecified atom stereocenters. The Balaban J connectivity index is 1.51. The Morgan fingerprint density at radius 1 is 1.10 bits per heavy atom. The van der Waals surface area contributed by atoms with Crippen LogP contribution in [-0.4, -0.2) is 35.1 Å². The van der Waals surface area contributed by atoms with E-state index in [0.717, 1.165) is 37.3 Å². The maximum absolute atomic E-state index is 11.7. The topological polar surface area (TPSA) is 40.5 Å². The average Bonchev–Trinajstić information content (AvgIpc) is 2.38. The van der Waals surface area contributed by atoms with Crippen molar-refractivity contribution in [2.24, 2.45) is 29.1 Å². The molecule has 0 radical (unpaired) electrons. The highest BCUT2D eigenvalue weighted by Crippen LogP contribution is 2.60. The van der Waals surface area contributed by atoms with E-state index in [1.807, 2.05) is 0 Å². The number of hydrogen-bond donors (Lipinski definition) is 1. The lowest BCUT2D eigenvalue weighted by atomic mass is 9.49. The average molecular weight is 291 g/mol. The molecule has 0 aromatic heterocycles. The van der Waals surface area contributed by atoms with Gasteiger partial charge in [0.25, 0.3) is 0 Å². The summed E-state index contributed by atoms with van der Waals surface area (Å²) in [5.41, 5.74) is 0.475. The second-order valence-electron chi connectivity index (χ2n) is 8.87. The van der Waals surface area contributed by atoms with E-state index < -0.39 is 5.97 Å². The minimum atomic E-state index is -0.591. The zero-order chi connectivity index (χ0) is 14.6. The zero-order valence-corrected chi connectivity index (χ0v) is 13.3. The fourth-order valence-corrected chi connectivity index (χ4v) is 6.55. The van der Waals surface area contributed by atoms with Crippen molar-refractivity contribution >= 4 is 5.97 Å². The summed E-state index contributed by atoms with van der Waals surface area (Å²) in [6.45, 7) is 4.28. The van der Waals surface area contributed by atoms with E-state index in [2.05, 4.69) is 11.8 Å². The van der Waals surface area contributed by atoms with E-state index in [1.165, 1.54) is 44.9 Å². The Hall–Kier alpha value is -0.570. The summed E-state index contributed by atoms with van der Waals surface area (Å²) in [7, 11) is 0. The first-order chi connectivity index (χ1) is 10.0. The molecule has 1 saturated heterocycles. The Labute approximate surface area is 128 Å². The first-order valence-corrected chi connectivity index (χ1v) is 9.00. The summed E-state index contributed by atoms with van der Waals surface area (Å²) in [6, 6.07) is -0.221. The predicted molar refractivity (Wildman–Crippen MR) is 82.0 cm³/mol. The number of carboxylic acid groups (broad SMARTS) is 1. The van der Waals surface area contributed by atoms with E-state index >= 15 is 0 Å². The van der Waals surface area contributed by atoms with Crippen molar-refractivity contribution in [2.75, 3.05) is 13.1 Å². The molecule has 1 aliphatic heterocycles. The molecule has 0 aromatic carbocycles. The van der Waals surface area contributed by atoms with Gasteiger partial charge in [0.15, 0.2) is 0 Å². The van der Waals surface area contributed by atoms with E-state index in [-0.39, 0.29) is 6.04 Å². The van der Waals surface area contributed by atoms with Crippen LogP contribution in [-0.2, 0) is 4.79 Å². The van der Waals surface area contributed by atoms with Gasteiger partial charge < -0.3 is 5.11 Å². The molecule has 118 valence electrons. The minimum absolute atomic E-state index is 0.221. The lowest BCUT2D eigenvalue weighted by Crippen LogP contribution is -2.55. The largest absolute Gasteiger partial charge is 0.480 e. The number of rotatable bonds is 3. The summed E-state index contributed by atoms with van der Waals surface area (Å²) in [5, 5.41) is 9.60. The fourth-order valence-electron chi connectivity index (χ4n) is 6.55. The van der Waals surface area contributed by atoms with Crippen LogP contribution in [0.15, 0.2) is 0 Å². The highest BCUT2D eigenvalue weighted by molar-refractivity contribution is 5.73. The fraction of sp³-hybridized carbons (Fsp3) is 0.944. The van der Waals surface area contributed by atoms with Crippen LogP contribution in [0.25, 0.3) is 0 Å². The third-order valence-corrected chi connectivity index (χ3v) is 6.96. The standard InChI is InChI=1S/C18H29NO2/c1-12-2-3-19(16(4-12)17(20)21)11-18-8-13-5-14(9-18)7-15(6-13)10-18/h12-16H,2-11H2,1H3,(H,20,21). The van der Waals surface area contributed by atoms with Gasteiger partial charge >= 0.3 is 5.97 Å². The summed E-state index contributed by atoms with van der Waals surface area (Å²) in [4.78, 5) is 14.0. The number of carbonyl (C=O) groups is 1. The SMILES string of the molecule is CC1CCN(CC23CC4CC(CC(C4)C2)C3)C(C(=O)O)C1. The van der Waals surface area contributed by atoms with Crippen LogP contribution in [0.3, 0.4) is 0 Å². The van der Waals surface area contributed by atoms with Crippen LogP contribution in [0.5, 0.6) is 0 Å². The number of piperidine rings is 1. The molecule has 5 rings (SSSR count). The summed E-state index contributed by atoms with van der Waals surface area (Å²) < 4.78 is 0. The molecule has 3 nitrogen and oxygen atoms in total. The van der Waals surface area contributed by atoms with Crippen molar-refractivity contribution in [3.8, 4) is 0 Å². The Bertz CT molecular complexity index is 398. The van der Waals surface area contributed by atoms with Gasteiger partial charge in [0.2, 0.25) is 0 Å². The molecular weight excluding hydrogens is 262 g/mol. The molecule has 4 saturated carbocycles. The second kappa shape index (κ2) is 4.97. The van der Waals surface area contributed by atoms with Crippen LogP contribution in [0, 0.1) is 29.1 Å². The Morgan fingerprint density at radius 3 is 2.19 bits per heavy atom. The van der Waals surface area contributed by atoms with E-state index in [9.17, 15) is 9.90 Å². The van der Waals surface area contributed by atoms with Crippen molar-refractivity contribution in [3.63, 3.8) is 0 Å². The van der Waals surface area contributed by atoms with Crippen molar-refractivity contribution in [1.29, 1.82) is 0 Å². The van der Waals surface area contributed by atoms with Gasteiger partial charge in [0, 0.05) is 6.54 Å². The van der Waals surface area contributed by atoms with E-state index in [4.69, 9.17) is 0 Å². The molecule has 4 aliphatic carbocycles. The molecule has 3 heteroatoms. The molecule has 1 N–H and O–H groups in total. The van der Waals surface area contributed by atoms with Crippen molar-refractivity contribution in [2.45, 2.75) is 64.3 Å². The van der Waals surface area contributed by atoms with Gasteiger partial charge in [-0.15, -0.1) is 0 Å². The molecule has 4 bridgehead atoms. The number of nitrogens with zero attached hydrogens (tertiary/aromatic N) is 1. The first-order valence-electron chi connectivity index (χ1n) is 9.00. The van der Waals surface area contributed by atoms with Gasteiger partial charge in [-0.2, -0.15) is 0 Å². The van der Waals surface area contributed by atoms with Crippen molar-refractivity contribution in [1.82, 2.24) is 4.90 Å².